The predicted octanol–water partition coefficient (Wildman–Crippen LogP) is 5.11. The van der Waals surface area contributed by atoms with Crippen molar-refractivity contribution in [3.8, 4) is 33.4 Å². The molecule has 2 fully saturated rings. The van der Waals surface area contributed by atoms with Crippen molar-refractivity contribution in [2.75, 3.05) is 39.4 Å². The highest BCUT2D eigenvalue weighted by atomic mass is 32.1. The molecular formula is C30H28N4O3S. The molecule has 4 aromatic rings. The Morgan fingerprint density at radius 3 is 2.58 bits per heavy atom. The Hall–Kier alpha value is -3.77. The molecule has 8 heteroatoms. The summed E-state index contributed by atoms with van der Waals surface area (Å²) in [5, 5.41) is 13.1. The first-order valence-corrected chi connectivity index (χ1v) is 13.8. The minimum atomic E-state index is 0.0766. The maximum Gasteiger partial charge on any atom is 0.253 e. The number of ether oxygens (including phenoxy) is 2. The van der Waals surface area contributed by atoms with Gasteiger partial charge in [0.15, 0.2) is 0 Å². The van der Waals surface area contributed by atoms with Crippen LogP contribution in [-0.2, 0) is 4.74 Å². The molecule has 2 aromatic carbocycles. The number of hydrogen-bond acceptors (Lipinski definition) is 7. The zero-order chi connectivity index (χ0) is 25.9. The van der Waals surface area contributed by atoms with Crippen molar-refractivity contribution in [2.45, 2.75) is 18.9 Å². The number of thiophene rings is 1. The topological polar surface area (TPSA) is 87.5 Å². The standard InChI is InChI=1S/C30H28N4O3S/c31-19-23-17-22(5-6-27(23)37-24-8-15-36-16-9-24)25-7-10-33-26-18-28(38-29(25)26)20-1-3-21(4-2-20)30(35)34-13-11-32-12-14-34/h1-7,10,17-18,24,32H,8-9,11-16H2. The Bertz CT molecular complexity index is 1500. The van der Waals surface area contributed by atoms with E-state index in [0.29, 0.717) is 30.1 Å². The Morgan fingerprint density at radius 2 is 1.82 bits per heavy atom. The van der Waals surface area contributed by atoms with E-state index in [1.807, 2.05) is 59.6 Å². The molecule has 0 bridgehead atoms. The molecule has 2 aliphatic heterocycles. The number of fused-ring (bicyclic) bond motifs is 1. The fourth-order valence-electron chi connectivity index (χ4n) is 5.00. The lowest BCUT2D eigenvalue weighted by Gasteiger charge is -2.27. The second kappa shape index (κ2) is 10.9. The van der Waals surface area contributed by atoms with Gasteiger partial charge in [0.05, 0.1) is 29.0 Å². The minimum absolute atomic E-state index is 0.0766. The molecule has 0 radical (unpaired) electrons. The van der Waals surface area contributed by atoms with E-state index in [9.17, 15) is 10.1 Å². The van der Waals surface area contributed by atoms with Gasteiger partial charge in [-0.3, -0.25) is 9.78 Å². The number of nitrogens with zero attached hydrogens (tertiary/aromatic N) is 3. The van der Waals surface area contributed by atoms with Gasteiger partial charge < -0.3 is 19.7 Å². The molecule has 0 unspecified atom stereocenters. The third-order valence-electron chi connectivity index (χ3n) is 7.11. The summed E-state index contributed by atoms with van der Waals surface area (Å²) < 4.78 is 12.6. The summed E-state index contributed by atoms with van der Waals surface area (Å²) in [6.45, 7) is 4.53. The average molecular weight is 525 g/mol. The van der Waals surface area contributed by atoms with E-state index in [0.717, 1.165) is 70.8 Å². The third-order valence-corrected chi connectivity index (χ3v) is 8.31. The van der Waals surface area contributed by atoms with Crippen molar-refractivity contribution < 1.29 is 14.3 Å². The molecule has 2 aliphatic rings. The fraction of sp³-hybridized carbons (Fsp3) is 0.300. The van der Waals surface area contributed by atoms with E-state index < -0.39 is 0 Å². The molecule has 6 rings (SSSR count). The highest BCUT2D eigenvalue weighted by Gasteiger charge is 2.20. The molecule has 192 valence electrons. The van der Waals surface area contributed by atoms with Crippen LogP contribution in [0.2, 0.25) is 0 Å². The second-order valence-electron chi connectivity index (χ2n) is 9.56. The van der Waals surface area contributed by atoms with Gasteiger partial charge in [-0.25, -0.2) is 0 Å². The van der Waals surface area contributed by atoms with Crippen LogP contribution in [0.15, 0.2) is 60.8 Å². The lowest BCUT2D eigenvalue weighted by molar-refractivity contribution is 0.0254. The summed E-state index contributed by atoms with van der Waals surface area (Å²) >= 11 is 1.67. The average Bonchev–Trinajstić information content (AvgIpc) is 3.43. The van der Waals surface area contributed by atoms with E-state index >= 15 is 0 Å². The first kappa shape index (κ1) is 24.6. The number of piperazine rings is 1. The highest BCUT2D eigenvalue weighted by molar-refractivity contribution is 7.22. The predicted molar refractivity (Wildman–Crippen MR) is 148 cm³/mol. The van der Waals surface area contributed by atoms with Crippen molar-refractivity contribution in [2.24, 2.45) is 0 Å². The maximum atomic E-state index is 12.8. The van der Waals surface area contributed by atoms with Crippen molar-refractivity contribution in [1.82, 2.24) is 15.2 Å². The molecule has 0 atom stereocenters. The number of hydrogen-bond donors (Lipinski definition) is 1. The fourth-order valence-corrected chi connectivity index (χ4v) is 6.15. The molecule has 2 saturated heterocycles. The largest absolute Gasteiger partial charge is 0.489 e. The molecule has 0 saturated carbocycles. The summed E-state index contributed by atoms with van der Waals surface area (Å²) in [6.07, 6.45) is 3.55. The first-order chi connectivity index (χ1) is 18.7. The van der Waals surface area contributed by atoms with Crippen molar-refractivity contribution in [1.29, 1.82) is 5.26 Å². The van der Waals surface area contributed by atoms with Gasteiger partial charge in [-0.15, -0.1) is 11.3 Å². The van der Waals surface area contributed by atoms with Gasteiger partial charge in [-0.05, 0) is 47.5 Å². The second-order valence-corrected chi connectivity index (χ2v) is 10.6. The first-order valence-electron chi connectivity index (χ1n) is 13.0. The lowest BCUT2D eigenvalue weighted by Crippen LogP contribution is -2.46. The van der Waals surface area contributed by atoms with Gasteiger partial charge in [0.25, 0.3) is 5.91 Å². The van der Waals surface area contributed by atoms with Crippen molar-refractivity contribution >= 4 is 27.5 Å². The molecule has 38 heavy (non-hydrogen) atoms. The number of aromatic nitrogens is 1. The Labute approximate surface area is 225 Å². The summed E-state index contributed by atoms with van der Waals surface area (Å²) in [4.78, 5) is 20.4. The number of rotatable bonds is 5. The SMILES string of the molecule is N#Cc1cc(-c2ccnc3cc(-c4ccc(C(=O)N5CCNCC5)cc4)sc23)ccc1OC1CCOCC1. The van der Waals surface area contributed by atoms with Gasteiger partial charge in [0.2, 0.25) is 0 Å². The Morgan fingerprint density at radius 1 is 1.05 bits per heavy atom. The molecule has 0 spiro atoms. The highest BCUT2D eigenvalue weighted by Crippen LogP contribution is 2.39. The van der Waals surface area contributed by atoms with Gasteiger partial charge in [-0.2, -0.15) is 5.26 Å². The van der Waals surface area contributed by atoms with Crippen LogP contribution in [0.1, 0.15) is 28.8 Å². The number of nitrogens with one attached hydrogen (secondary N) is 1. The maximum absolute atomic E-state index is 12.8. The number of amides is 1. The smallest absolute Gasteiger partial charge is 0.253 e. The van der Waals surface area contributed by atoms with E-state index in [1.54, 1.807) is 11.3 Å². The number of carbonyl (C=O) groups excluding carboxylic acids is 1. The van der Waals surface area contributed by atoms with E-state index in [4.69, 9.17) is 9.47 Å². The van der Waals surface area contributed by atoms with Crippen LogP contribution in [0.3, 0.4) is 0 Å². The minimum Gasteiger partial charge on any atom is -0.489 e. The van der Waals surface area contributed by atoms with Gasteiger partial charge in [-0.1, -0.05) is 18.2 Å². The normalized spacial score (nSPS) is 16.3. The molecule has 7 nitrogen and oxygen atoms in total. The summed E-state index contributed by atoms with van der Waals surface area (Å²) in [5.74, 6) is 0.701. The third kappa shape index (κ3) is 5.01. The zero-order valence-corrected chi connectivity index (χ0v) is 21.8. The van der Waals surface area contributed by atoms with Crippen molar-refractivity contribution in [3.63, 3.8) is 0 Å². The molecule has 1 amide bonds. The molecular weight excluding hydrogens is 496 g/mol. The van der Waals surface area contributed by atoms with Crippen molar-refractivity contribution in [3.05, 3.63) is 71.9 Å². The molecule has 0 aliphatic carbocycles. The number of pyridine rings is 1. The van der Waals surface area contributed by atoms with Gasteiger partial charge in [0.1, 0.15) is 17.9 Å². The molecule has 2 aromatic heterocycles. The Kier molecular flexibility index (Phi) is 7.06. The zero-order valence-electron chi connectivity index (χ0n) is 21.0. The van der Waals surface area contributed by atoms with Crippen LogP contribution in [0.5, 0.6) is 5.75 Å². The van der Waals surface area contributed by atoms with E-state index in [2.05, 4.69) is 22.4 Å². The molecule has 4 heterocycles. The molecule has 1 N–H and O–H groups in total. The number of carbonyl (C=O) groups is 1. The van der Waals surface area contributed by atoms with Gasteiger partial charge >= 0.3 is 0 Å². The van der Waals surface area contributed by atoms with Crippen LogP contribution >= 0.6 is 11.3 Å². The van der Waals surface area contributed by atoms with E-state index in [-0.39, 0.29) is 12.0 Å². The quantitative estimate of drug-likeness (QED) is 0.391. The summed E-state index contributed by atoms with van der Waals surface area (Å²) in [7, 11) is 0. The van der Waals surface area contributed by atoms with Crippen LogP contribution in [0, 0.1) is 11.3 Å². The monoisotopic (exact) mass is 524 g/mol. The van der Waals surface area contributed by atoms with Crippen LogP contribution in [-0.4, -0.2) is 61.3 Å². The number of benzene rings is 2. The Balaban J connectivity index is 1.27. The number of nitriles is 1. The van der Waals surface area contributed by atoms with Gasteiger partial charge in [0, 0.05) is 61.2 Å². The summed E-state index contributed by atoms with van der Waals surface area (Å²) in [6, 6.07) is 20.1. The van der Waals surface area contributed by atoms with Crippen LogP contribution in [0.25, 0.3) is 31.8 Å². The lowest BCUT2D eigenvalue weighted by atomic mass is 10.0. The van der Waals surface area contributed by atoms with Crippen LogP contribution < -0.4 is 10.1 Å². The van der Waals surface area contributed by atoms with E-state index in [1.165, 1.54) is 0 Å². The summed E-state index contributed by atoms with van der Waals surface area (Å²) in [5.41, 5.74) is 5.19. The van der Waals surface area contributed by atoms with Crippen LogP contribution in [0.4, 0.5) is 0 Å².